The summed E-state index contributed by atoms with van der Waals surface area (Å²) in [6, 6.07) is 10.1. The minimum absolute atomic E-state index is 0.241. The van der Waals surface area contributed by atoms with Gasteiger partial charge in [0, 0.05) is 50.4 Å². The van der Waals surface area contributed by atoms with Crippen molar-refractivity contribution in [3.63, 3.8) is 0 Å². The summed E-state index contributed by atoms with van der Waals surface area (Å²) in [5.74, 6) is 0.812. The Kier molecular flexibility index (Phi) is 4.57. The van der Waals surface area contributed by atoms with Gasteiger partial charge in [-0.1, -0.05) is 18.2 Å². The van der Waals surface area contributed by atoms with Crippen LogP contribution in [-0.2, 0) is 18.3 Å². The second kappa shape index (κ2) is 7.00. The summed E-state index contributed by atoms with van der Waals surface area (Å²) in [7, 11) is 4.07. The molecule has 3 heterocycles. The van der Waals surface area contributed by atoms with Crippen molar-refractivity contribution in [3.8, 4) is 11.5 Å². The summed E-state index contributed by atoms with van der Waals surface area (Å²) < 4.78 is 13.6. The number of nitrogens with one attached hydrogen (secondary N) is 1. The Bertz CT molecular complexity index is 821. The molecular weight excluding hydrogens is 316 g/mol. The van der Waals surface area contributed by atoms with Gasteiger partial charge in [-0.25, -0.2) is 0 Å². The van der Waals surface area contributed by atoms with Crippen LogP contribution in [0.5, 0.6) is 0 Å². The number of aromatic nitrogens is 2. The van der Waals surface area contributed by atoms with E-state index in [9.17, 15) is 0 Å². The molecule has 1 aliphatic rings. The number of para-hydroxylation sites is 1. The molecule has 0 radical (unpaired) electrons. The second-order valence-electron chi connectivity index (χ2n) is 6.71. The Morgan fingerprint density at radius 2 is 2.16 bits per heavy atom. The molecule has 0 spiro atoms. The maximum absolute atomic E-state index is 5.98. The molecule has 0 saturated carbocycles. The van der Waals surface area contributed by atoms with E-state index >= 15 is 0 Å². The predicted octanol–water partition coefficient (Wildman–Crippen LogP) is 2.25. The van der Waals surface area contributed by atoms with Gasteiger partial charge < -0.3 is 19.4 Å². The molecule has 0 aliphatic carbocycles. The number of ether oxygens (including phenoxy) is 1. The van der Waals surface area contributed by atoms with Crippen molar-refractivity contribution in [2.45, 2.75) is 12.6 Å². The predicted molar refractivity (Wildman–Crippen MR) is 97.4 cm³/mol. The van der Waals surface area contributed by atoms with Gasteiger partial charge in [0.1, 0.15) is 11.3 Å². The first-order valence-corrected chi connectivity index (χ1v) is 8.71. The third kappa shape index (κ3) is 3.61. The van der Waals surface area contributed by atoms with Crippen molar-refractivity contribution >= 4 is 11.0 Å². The lowest BCUT2D eigenvalue weighted by atomic mass is 10.2. The van der Waals surface area contributed by atoms with E-state index in [4.69, 9.17) is 9.15 Å². The molecule has 6 nitrogen and oxygen atoms in total. The Hall–Kier alpha value is -2.15. The van der Waals surface area contributed by atoms with Crippen LogP contribution in [0.25, 0.3) is 22.4 Å². The van der Waals surface area contributed by atoms with Crippen LogP contribution in [0.4, 0.5) is 0 Å². The van der Waals surface area contributed by atoms with Crippen LogP contribution in [0.1, 0.15) is 5.56 Å². The van der Waals surface area contributed by atoms with Crippen molar-refractivity contribution in [2.24, 2.45) is 7.05 Å². The minimum atomic E-state index is 0.241. The molecule has 25 heavy (non-hydrogen) atoms. The maximum Gasteiger partial charge on any atom is 0.156 e. The zero-order valence-corrected chi connectivity index (χ0v) is 14.7. The van der Waals surface area contributed by atoms with Gasteiger partial charge in [0.2, 0.25) is 0 Å². The number of furan rings is 1. The van der Waals surface area contributed by atoms with E-state index in [1.807, 2.05) is 36.1 Å². The van der Waals surface area contributed by atoms with Gasteiger partial charge in [0.25, 0.3) is 0 Å². The van der Waals surface area contributed by atoms with Crippen LogP contribution >= 0.6 is 0 Å². The molecule has 132 valence electrons. The molecule has 1 aromatic carbocycles. The third-order valence-corrected chi connectivity index (χ3v) is 4.59. The van der Waals surface area contributed by atoms with Gasteiger partial charge in [-0.15, -0.1) is 0 Å². The lowest BCUT2D eigenvalue weighted by molar-refractivity contribution is -0.0182. The first-order chi connectivity index (χ1) is 12.2. The molecule has 3 aromatic rings. The van der Waals surface area contributed by atoms with Gasteiger partial charge >= 0.3 is 0 Å². The molecule has 2 aromatic heterocycles. The Morgan fingerprint density at radius 3 is 3.00 bits per heavy atom. The van der Waals surface area contributed by atoms with E-state index < -0.39 is 0 Å². The number of rotatable bonds is 5. The van der Waals surface area contributed by atoms with Crippen molar-refractivity contribution in [3.05, 3.63) is 42.1 Å². The van der Waals surface area contributed by atoms with E-state index in [1.165, 1.54) is 0 Å². The second-order valence-corrected chi connectivity index (χ2v) is 6.71. The topological polar surface area (TPSA) is 55.5 Å². The zero-order chi connectivity index (χ0) is 17.2. The summed E-state index contributed by atoms with van der Waals surface area (Å²) in [4.78, 5) is 2.31. The highest BCUT2D eigenvalue weighted by Gasteiger charge is 2.18. The average Bonchev–Trinajstić information content (AvgIpc) is 3.18. The van der Waals surface area contributed by atoms with Gasteiger partial charge in [-0.05, 0) is 19.2 Å². The lowest BCUT2D eigenvalue weighted by Crippen LogP contribution is -2.44. The normalized spacial score (nSPS) is 18.9. The van der Waals surface area contributed by atoms with E-state index in [0.29, 0.717) is 0 Å². The molecule has 4 rings (SSSR count). The highest BCUT2D eigenvalue weighted by atomic mass is 16.5. The van der Waals surface area contributed by atoms with Crippen LogP contribution in [0.2, 0.25) is 0 Å². The molecule has 6 heteroatoms. The molecule has 0 unspecified atom stereocenters. The fourth-order valence-corrected chi connectivity index (χ4v) is 3.33. The quantitative estimate of drug-likeness (QED) is 0.772. The SMILES string of the molecule is CN1CCO[C@H](CNCc2cn(C)nc2-c2cc3ccccc3o2)C1. The van der Waals surface area contributed by atoms with Crippen LogP contribution in [0.3, 0.4) is 0 Å². The van der Waals surface area contributed by atoms with E-state index in [1.54, 1.807) is 0 Å². The van der Waals surface area contributed by atoms with Crippen molar-refractivity contribution in [1.29, 1.82) is 0 Å². The van der Waals surface area contributed by atoms with Gasteiger partial charge in [0.15, 0.2) is 5.76 Å². The highest BCUT2D eigenvalue weighted by Crippen LogP contribution is 2.28. The fourth-order valence-electron chi connectivity index (χ4n) is 3.33. The largest absolute Gasteiger partial charge is 0.454 e. The maximum atomic E-state index is 5.98. The molecule has 0 amide bonds. The Labute approximate surface area is 147 Å². The summed E-state index contributed by atoms with van der Waals surface area (Å²) in [5, 5.41) is 9.20. The molecule has 1 N–H and O–H groups in total. The molecule has 0 bridgehead atoms. The number of aryl methyl sites for hydroxylation is 1. The first-order valence-electron chi connectivity index (χ1n) is 8.71. The average molecular weight is 340 g/mol. The van der Waals surface area contributed by atoms with E-state index in [-0.39, 0.29) is 6.10 Å². The first kappa shape index (κ1) is 16.3. The van der Waals surface area contributed by atoms with Gasteiger partial charge in [-0.3, -0.25) is 4.68 Å². The number of hydrogen-bond donors (Lipinski definition) is 1. The number of morpholine rings is 1. The van der Waals surface area contributed by atoms with Crippen LogP contribution in [0, 0.1) is 0 Å². The fraction of sp³-hybridized carbons (Fsp3) is 0.421. The van der Waals surface area contributed by atoms with Gasteiger partial charge in [-0.2, -0.15) is 5.10 Å². The Morgan fingerprint density at radius 1 is 1.28 bits per heavy atom. The van der Waals surface area contributed by atoms with E-state index in [0.717, 1.165) is 60.8 Å². The highest BCUT2D eigenvalue weighted by molar-refractivity contribution is 5.82. The number of benzene rings is 1. The summed E-state index contributed by atoms with van der Waals surface area (Å²) >= 11 is 0. The van der Waals surface area contributed by atoms with Crippen LogP contribution < -0.4 is 5.32 Å². The Balaban J connectivity index is 1.47. The molecule has 1 fully saturated rings. The minimum Gasteiger partial charge on any atom is -0.454 e. The number of likely N-dealkylation sites (N-methyl/N-ethyl adjacent to an activating group) is 1. The summed E-state index contributed by atoms with van der Waals surface area (Å²) in [6.45, 7) is 4.36. The van der Waals surface area contributed by atoms with Crippen molar-refractivity contribution in [2.75, 3.05) is 33.3 Å². The number of hydrogen-bond acceptors (Lipinski definition) is 5. The van der Waals surface area contributed by atoms with Crippen molar-refractivity contribution in [1.82, 2.24) is 20.0 Å². The zero-order valence-electron chi connectivity index (χ0n) is 14.7. The smallest absolute Gasteiger partial charge is 0.156 e. The van der Waals surface area contributed by atoms with Crippen LogP contribution in [-0.4, -0.2) is 54.1 Å². The third-order valence-electron chi connectivity index (χ3n) is 4.59. The number of fused-ring (bicyclic) bond motifs is 1. The summed E-state index contributed by atoms with van der Waals surface area (Å²) in [5.41, 5.74) is 2.92. The molecule has 1 saturated heterocycles. The standard InChI is InChI=1S/C19H24N4O2/c1-22-7-8-24-16(13-22)11-20-10-15-12-23(2)21-19(15)18-9-14-5-3-4-6-17(14)25-18/h3-6,9,12,16,20H,7-8,10-11,13H2,1-2H3/t16-/m1/s1. The summed E-state index contributed by atoms with van der Waals surface area (Å²) in [6.07, 6.45) is 2.29. The molecule has 1 atom stereocenters. The van der Waals surface area contributed by atoms with E-state index in [2.05, 4.69) is 34.5 Å². The molecular formula is C19H24N4O2. The van der Waals surface area contributed by atoms with Gasteiger partial charge in [0.05, 0.1) is 12.7 Å². The molecule has 1 aliphatic heterocycles. The van der Waals surface area contributed by atoms with Crippen molar-refractivity contribution < 1.29 is 9.15 Å². The number of nitrogens with zero attached hydrogens (tertiary/aromatic N) is 3. The monoisotopic (exact) mass is 340 g/mol. The lowest BCUT2D eigenvalue weighted by Gasteiger charge is -2.30. The van der Waals surface area contributed by atoms with Crippen LogP contribution in [0.15, 0.2) is 40.9 Å².